The quantitative estimate of drug-likeness (QED) is 0.427. The minimum Gasteiger partial charge on any atom is -0.385 e. The molecule has 2 aromatic carbocycles. The molecule has 2 aromatic heterocycles. The molecule has 0 atom stereocenters. The first-order valence-corrected chi connectivity index (χ1v) is 11.0. The second-order valence-corrected chi connectivity index (χ2v) is 7.94. The van der Waals surface area contributed by atoms with Gasteiger partial charge in [-0.2, -0.15) is 0 Å². The SMILES string of the molecule is CCCc1ccc(CCNc2ccc(-c3nccnc3-c3ccc(=O)n(C)c3)cc2)cc1. The molecule has 0 unspecified atom stereocenters. The van der Waals surface area contributed by atoms with Crippen LogP contribution in [-0.2, 0) is 19.9 Å². The molecule has 1 N–H and O–H groups in total. The van der Waals surface area contributed by atoms with Gasteiger partial charge in [0.15, 0.2) is 0 Å². The highest BCUT2D eigenvalue weighted by atomic mass is 16.1. The molecule has 0 aliphatic heterocycles. The monoisotopic (exact) mass is 424 g/mol. The number of anilines is 1. The van der Waals surface area contributed by atoms with E-state index in [1.54, 1.807) is 42.3 Å². The Hall–Kier alpha value is -3.73. The number of hydrogen-bond donors (Lipinski definition) is 1. The summed E-state index contributed by atoms with van der Waals surface area (Å²) in [5, 5.41) is 3.50. The zero-order valence-corrected chi connectivity index (χ0v) is 18.6. The van der Waals surface area contributed by atoms with Crippen molar-refractivity contribution in [1.29, 1.82) is 0 Å². The summed E-state index contributed by atoms with van der Waals surface area (Å²) in [5.41, 5.74) is 7.17. The van der Waals surface area contributed by atoms with Gasteiger partial charge in [-0.25, -0.2) is 0 Å². The lowest BCUT2D eigenvalue weighted by atomic mass is 10.0. The second kappa shape index (κ2) is 10.1. The molecule has 5 heteroatoms. The van der Waals surface area contributed by atoms with Gasteiger partial charge in [0.05, 0.1) is 11.4 Å². The number of aryl methyl sites for hydroxylation is 2. The number of nitrogens with one attached hydrogen (secondary N) is 1. The van der Waals surface area contributed by atoms with Crippen molar-refractivity contribution in [1.82, 2.24) is 14.5 Å². The van der Waals surface area contributed by atoms with Gasteiger partial charge in [-0.05, 0) is 42.2 Å². The van der Waals surface area contributed by atoms with Gasteiger partial charge in [0.25, 0.3) is 0 Å². The number of nitrogens with zero attached hydrogens (tertiary/aromatic N) is 3. The summed E-state index contributed by atoms with van der Waals surface area (Å²) in [6.45, 7) is 3.08. The van der Waals surface area contributed by atoms with Gasteiger partial charge < -0.3 is 9.88 Å². The molecule has 4 aromatic rings. The third-order valence-electron chi connectivity index (χ3n) is 5.52. The maximum Gasteiger partial charge on any atom is 0.250 e. The van der Waals surface area contributed by atoms with E-state index in [-0.39, 0.29) is 5.56 Å². The maximum absolute atomic E-state index is 11.7. The first-order chi connectivity index (χ1) is 15.6. The highest BCUT2D eigenvalue weighted by Crippen LogP contribution is 2.28. The number of pyridine rings is 1. The third kappa shape index (κ3) is 5.11. The highest BCUT2D eigenvalue weighted by Gasteiger charge is 2.11. The topological polar surface area (TPSA) is 59.8 Å². The Kier molecular flexibility index (Phi) is 6.75. The fourth-order valence-electron chi connectivity index (χ4n) is 3.75. The van der Waals surface area contributed by atoms with Gasteiger partial charge in [-0.3, -0.25) is 14.8 Å². The van der Waals surface area contributed by atoms with Gasteiger partial charge in [0.1, 0.15) is 0 Å². The maximum atomic E-state index is 11.7. The Labute approximate surface area is 188 Å². The number of rotatable bonds is 8. The summed E-state index contributed by atoms with van der Waals surface area (Å²) in [7, 11) is 1.74. The van der Waals surface area contributed by atoms with Crippen LogP contribution >= 0.6 is 0 Å². The molecular weight excluding hydrogens is 396 g/mol. The zero-order chi connectivity index (χ0) is 22.3. The molecule has 0 saturated heterocycles. The van der Waals surface area contributed by atoms with Crippen LogP contribution < -0.4 is 10.9 Å². The summed E-state index contributed by atoms with van der Waals surface area (Å²) < 4.78 is 1.55. The van der Waals surface area contributed by atoms with Crippen LogP contribution in [0, 0.1) is 0 Å². The van der Waals surface area contributed by atoms with Gasteiger partial charge in [-0.1, -0.05) is 49.7 Å². The van der Waals surface area contributed by atoms with E-state index in [9.17, 15) is 4.79 Å². The molecular formula is C27H28N4O. The summed E-state index contributed by atoms with van der Waals surface area (Å²) in [5.74, 6) is 0. The molecule has 32 heavy (non-hydrogen) atoms. The normalized spacial score (nSPS) is 10.8. The van der Waals surface area contributed by atoms with E-state index in [0.29, 0.717) is 0 Å². The van der Waals surface area contributed by atoms with Crippen LogP contribution in [-0.4, -0.2) is 21.1 Å². The van der Waals surface area contributed by atoms with Crippen LogP contribution in [0.25, 0.3) is 22.5 Å². The molecule has 0 spiro atoms. The Morgan fingerprint density at radius 3 is 2.00 bits per heavy atom. The van der Waals surface area contributed by atoms with Crippen molar-refractivity contribution in [3.8, 4) is 22.5 Å². The molecule has 0 amide bonds. The smallest absolute Gasteiger partial charge is 0.250 e. The molecule has 0 fully saturated rings. The van der Waals surface area contributed by atoms with Gasteiger partial charge in [-0.15, -0.1) is 0 Å². The fraction of sp³-hybridized carbons (Fsp3) is 0.222. The summed E-state index contributed by atoms with van der Waals surface area (Å²) in [6, 6.07) is 20.5. The lowest BCUT2D eigenvalue weighted by molar-refractivity contribution is 0.861. The predicted molar refractivity (Wildman–Crippen MR) is 131 cm³/mol. The van der Waals surface area contributed by atoms with E-state index in [2.05, 4.69) is 70.7 Å². The van der Waals surface area contributed by atoms with Crippen LogP contribution in [0.5, 0.6) is 0 Å². The Balaban J connectivity index is 1.44. The Bertz CT molecular complexity index is 1230. The number of aromatic nitrogens is 3. The van der Waals surface area contributed by atoms with Crippen molar-refractivity contribution in [2.75, 3.05) is 11.9 Å². The molecule has 162 valence electrons. The fourth-order valence-corrected chi connectivity index (χ4v) is 3.75. The van der Waals surface area contributed by atoms with Crippen LogP contribution in [0.1, 0.15) is 24.5 Å². The summed E-state index contributed by atoms with van der Waals surface area (Å²) >= 11 is 0. The van der Waals surface area contributed by atoms with Crippen LogP contribution in [0.15, 0.2) is 84.0 Å². The molecule has 2 heterocycles. The van der Waals surface area contributed by atoms with Crippen molar-refractivity contribution in [2.24, 2.45) is 7.05 Å². The van der Waals surface area contributed by atoms with Gasteiger partial charge in [0.2, 0.25) is 5.56 Å². The minimum absolute atomic E-state index is 0.0495. The standard InChI is InChI=1S/C27H28N4O/c1-3-4-20-5-7-21(8-6-20)15-16-28-24-12-9-22(10-13-24)26-27(30-18-17-29-26)23-11-14-25(32)31(2)19-23/h5-14,17-19,28H,3-4,15-16H2,1-2H3. The van der Waals surface area contributed by atoms with E-state index in [4.69, 9.17) is 0 Å². The first kappa shape index (κ1) is 21.5. The largest absolute Gasteiger partial charge is 0.385 e. The van der Waals surface area contributed by atoms with Crippen molar-refractivity contribution < 1.29 is 0 Å². The Morgan fingerprint density at radius 1 is 0.781 bits per heavy atom. The molecule has 4 rings (SSSR count). The lowest BCUT2D eigenvalue weighted by Crippen LogP contribution is -2.14. The average molecular weight is 425 g/mol. The molecule has 0 saturated carbocycles. The Morgan fingerprint density at radius 2 is 1.38 bits per heavy atom. The number of hydrogen-bond acceptors (Lipinski definition) is 4. The van der Waals surface area contributed by atoms with Gasteiger partial charge in [0, 0.05) is 55.1 Å². The van der Waals surface area contributed by atoms with E-state index in [0.717, 1.165) is 47.6 Å². The molecule has 0 bridgehead atoms. The summed E-state index contributed by atoms with van der Waals surface area (Å²) in [6.07, 6.45) is 8.46. The first-order valence-electron chi connectivity index (χ1n) is 11.0. The minimum atomic E-state index is -0.0495. The second-order valence-electron chi connectivity index (χ2n) is 7.94. The van der Waals surface area contributed by atoms with E-state index < -0.39 is 0 Å². The van der Waals surface area contributed by atoms with E-state index in [1.165, 1.54) is 17.5 Å². The molecule has 0 aliphatic carbocycles. The third-order valence-corrected chi connectivity index (χ3v) is 5.52. The molecule has 0 radical (unpaired) electrons. The van der Waals surface area contributed by atoms with Crippen molar-refractivity contribution in [2.45, 2.75) is 26.2 Å². The average Bonchev–Trinajstić information content (AvgIpc) is 2.83. The highest BCUT2D eigenvalue weighted by molar-refractivity contribution is 5.77. The van der Waals surface area contributed by atoms with E-state index >= 15 is 0 Å². The molecule has 5 nitrogen and oxygen atoms in total. The van der Waals surface area contributed by atoms with Crippen molar-refractivity contribution in [3.63, 3.8) is 0 Å². The van der Waals surface area contributed by atoms with E-state index in [1.807, 2.05) is 0 Å². The summed E-state index contributed by atoms with van der Waals surface area (Å²) in [4.78, 5) is 20.8. The van der Waals surface area contributed by atoms with Crippen molar-refractivity contribution in [3.05, 3.63) is 101 Å². The van der Waals surface area contributed by atoms with Crippen LogP contribution in [0.4, 0.5) is 5.69 Å². The van der Waals surface area contributed by atoms with Crippen molar-refractivity contribution >= 4 is 5.69 Å². The molecule has 0 aliphatic rings. The predicted octanol–water partition coefficient (Wildman–Crippen LogP) is 5.12. The van der Waals surface area contributed by atoms with Gasteiger partial charge >= 0.3 is 0 Å². The zero-order valence-electron chi connectivity index (χ0n) is 18.6. The lowest BCUT2D eigenvalue weighted by Gasteiger charge is -2.11. The van der Waals surface area contributed by atoms with Crippen LogP contribution in [0.2, 0.25) is 0 Å². The van der Waals surface area contributed by atoms with Crippen LogP contribution in [0.3, 0.4) is 0 Å². The number of benzene rings is 2.